The van der Waals surface area contributed by atoms with Crippen molar-refractivity contribution in [3.63, 3.8) is 0 Å². The molecule has 4 heteroatoms. The minimum Gasteiger partial charge on any atom is -0.493 e. The van der Waals surface area contributed by atoms with E-state index in [1.807, 2.05) is 36.1 Å². The summed E-state index contributed by atoms with van der Waals surface area (Å²) in [6.07, 6.45) is 1.90. The number of nitrogens with zero attached hydrogens (tertiary/aromatic N) is 1. The van der Waals surface area contributed by atoms with E-state index in [2.05, 4.69) is 27.7 Å². The third kappa shape index (κ3) is 5.91. The number of methoxy groups -OCH3 is 2. The minimum atomic E-state index is 0.0900. The van der Waals surface area contributed by atoms with Crippen LogP contribution in [-0.4, -0.2) is 38.1 Å². The van der Waals surface area contributed by atoms with Crippen molar-refractivity contribution in [2.24, 2.45) is 11.8 Å². The quantitative estimate of drug-likeness (QED) is 0.668. The van der Waals surface area contributed by atoms with Gasteiger partial charge in [0.25, 0.3) is 0 Å². The summed E-state index contributed by atoms with van der Waals surface area (Å²) in [4.78, 5) is 14.7. The fourth-order valence-corrected chi connectivity index (χ4v) is 2.63. The number of rotatable bonds is 8. The number of hydrogen-bond acceptors (Lipinski definition) is 3. The first-order chi connectivity index (χ1) is 11.3. The smallest absolute Gasteiger partial charge is 0.249 e. The van der Waals surface area contributed by atoms with Crippen LogP contribution < -0.4 is 9.47 Å². The van der Waals surface area contributed by atoms with Gasteiger partial charge in [-0.15, -0.1) is 0 Å². The van der Waals surface area contributed by atoms with Crippen LogP contribution in [0.15, 0.2) is 23.8 Å². The van der Waals surface area contributed by atoms with Gasteiger partial charge in [0.1, 0.15) is 0 Å². The summed E-state index contributed by atoms with van der Waals surface area (Å²) in [7, 11) is 3.22. The Morgan fingerprint density at radius 3 is 2.04 bits per heavy atom. The number of ether oxygens (including phenoxy) is 2. The molecular weight excluding hydrogens is 302 g/mol. The van der Waals surface area contributed by atoms with E-state index in [0.29, 0.717) is 23.3 Å². The third-order valence-corrected chi connectivity index (χ3v) is 3.59. The van der Waals surface area contributed by atoms with E-state index >= 15 is 0 Å². The van der Waals surface area contributed by atoms with Gasteiger partial charge < -0.3 is 14.4 Å². The Hall–Kier alpha value is -1.97. The molecule has 0 aromatic heterocycles. The second-order valence-electron chi connectivity index (χ2n) is 6.94. The topological polar surface area (TPSA) is 38.8 Å². The number of amides is 1. The lowest BCUT2D eigenvalue weighted by molar-refractivity contribution is -0.128. The second kappa shape index (κ2) is 9.36. The normalized spacial score (nSPS) is 11.8. The van der Waals surface area contributed by atoms with Crippen molar-refractivity contribution in [1.82, 2.24) is 4.90 Å². The standard InChI is InChI=1S/C20H31NO3/c1-14(2)12-21(13-15(3)4)20(22)16(5)10-17-8-9-18(23-6)19(11-17)24-7/h8-11,14-15H,12-13H2,1-7H3/b16-10+. The summed E-state index contributed by atoms with van der Waals surface area (Å²) in [6, 6.07) is 5.65. The zero-order chi connectivity index (χ0) is 18.3. The molecule has 24 heavy (non-hydrogen) atoms. The highest BCUT2D eigenvalue weighted by atomic mass is 16.5. The first-order valence-electron chi connectivity index (χ1n) is 8.48. The Morgan fingerprint density at radius 1 is 1.04 bits per heavy atom. The van der Waals surface area contributed by atoms with Crippen LogP contribution in [0.2, 0.25) is 0 Å². The van der Waals surface area contributed by atoms with Gasteiger partial charge in [-0.3, -0.25) is 4.79 Å². The predicted octanol–water partition coefficient (Wildman–Crippen LogP) is 4.25. The van der Waals surface area contributed by atoms with Crippen LogP contribution in [0.4, 0.5) is 0 Å². The zero-order valence-corrected chi connectivity index (χ0v) is 16.1. The SMILES string of the molecule is COc1ccc(/C=C(\C)C(=O)N(CC(C)C)CC(C)C)cc1OC. The van der Waals surface area contributed by atoms with Crippen LogP contribution in [0.1, 0.15) is 40.2 Å². The second-order valence-corrected chi connectivity index (χ2v) is 6.94. The van der Waals surface area contributed by atoms with Crippen molar-refractivity contribution < 1.29 is 14.3 Å². The van der Waals surface area contributed by atoms with E-state index in [-0.39, 0.29) is 5.91 Å². The number of hydrogen-bond donors (Lipinski definition) is 0. The lowest BCUT2D eigenvalue weighted by Crippen LogP contribution is -2.37. The molecule has 0 heterocycles. The van der Waals surface area contributed by atoms with Gasteiger partial charge in [0, 0.05) is 18.7 Å². The highest BCUT2D eigenvalue weighted by Gasteiger charge is 2.17. The summed E-state index contributed by atoms with van der Waals surface area (Å²) in [5.74, 6) is 2.32. The Labute approximate surface area is 146 Å². The molecule has 0 radical (unpaired) electrons. The molecule has 0 aliphatic heterocycles. The molecule has 0 N–H and O–H groups in total. The molecule has 0 aliphatic rings. The molecule has 1 rings (SSSR count). The third-order valence-electron chi connectivity index (χ3n) is 3.59. The molecule has 0 atom stereocenters. The number of carbonyl (C=O) groups excluding carboxylic acids is 1. The van der Waals surface area contributed by atoms with E-state index in [0.717, 1.165) is 24.2 Å². The highest BCUT2D eigenvalue weighted by molar-refractivity contribution is 5.97. The lowest BCUT2D eigenvalue weighted by Gasteiger charge is -2.26. The maximum atomic E-state index is 12.8. The van der Waals surface area contributed by atoms with Gasteiger partial charge in [-0.2, -0.15) is 0 Å². The van der Waals surface area contributed by atoms with Gasteiger partial charge in [-0.1, -0.05) is 33.8 Å². The maximum Gasteiger partial charge on any atom is 0.249 e. The molecule has 0 fully saturated rings. The van der Waals surface area contributed by atoms with Gasteiger partial charge in [0.05, 0.1) is 14.2 Å². The fraction of sp³-hybridized carbons (Fsp3) is 0.550. The molecular formula is C20H31NO3. The van der Waals surface area contributed by atoms with E-state index < -0.39 is 0 Å². The summed E-state index contributed by atoms with van der Waals surface area (Å²) >= 11 is 0. The van der Waals surface area contributed by atoms with Gasteiger partial charge in [0.15, 0.2) is 11.5 Å². The summed E-state index contributed by atoms with van der Waals surface area (Å²) in [5.41, 5.74) is 1.65. The molecule has 0 saturated carbocycles. The van der Waals surface area contributed by atoms with Crippen molar-refractivity contribution in [3.8, 4) is 11.5 Å². The number of benzene rings is 1. The molecule has 0 unspecified atom stereocenters. The summed E-state index contributed by atoms with van der Waals surface area (Å²) < 4.78 is 10.6. The molecule has 1 aromatic carbocycles. The largest absolute Gasteiger partial charge is 0.493 e. The first-order valence-corrected chi connectivity index (χ1v) is 8.48. The molecule has 0 spiro atoms. The molecule has 0 aliphatic carbocycles. The Bertz CT molecular complexity index is 566. The van der Waals surface area contributed by atoms with Crippen LogP contribution in [0.3, 0.4) is 0 Å². The molecule has 1 aromatic rings. The van der Waals surface area contributed by atoms with Crippen molar-refractivity contribution in [1.29, 1.82) is 0 Å². The minimum absolute atomic E-state index is 0.0900. The van der Waals surface area contributed by atoms with Crippen LogP contribution in [0, 0.1) is 11.8 Å². The van der Waals surface area contributed by atoms with E-state index in [9.17, 15) is 4.79 Å². The molecule has 1 amide bonds. The van der Waals surface area contributed by atoms with Crippen molar-refractivity contribution in [2.75, 3.05) is 27.3 Å². The number of carbonyl (C=O) groups is 1. The molecule has 0 saturated heterocycles. The van der Waals surface area contributed by atoms with Crippen LogP contribution in [0.5, 0.6) is 11.5 Å². The molecule has 134 valence electrons. The summed E-state index contributed by atoms with van der Waals surface area (Å²) in [5, 5.41) is 0. The summed E-state index contributed by atoms with van der Waals surface area (Å²) in [6.45, 7) is 11.9. The van der Waals surface area contributed by atoms with E-state index in [1.165, 1.54) is 0 Å². The first kappa shape index (κ1) is 20.1. The zero-order valence-electron chi connectivity index (χ0n) is 16.1. The van der Waals surface area contributed by atoms with Gasteiger partial charge in [0.2, 0.25) is 5.91 Å². The van der Waals surface area contributed by atoms with Gasteiger partial charge in [-0.05, 0) is 42.5 Å². The highest BCUT2D eigenvalue weighted by Crippen LogP contribution is 2.28. The Morgan fingerprint density at radius 2 is 1.58 bits per heavy atom. The predicted molar refractivity (Wildman–Crippen MR) is 99.5 cm³/mol. The monoisotopic (exact) mass is 333 g/mol. The van der Waals surface area contributed by atoms with Crippen molar-refractivity contribution in [2.45, 2.75) is 34.6 Å². The average Bonchev–Trinajstić information content (AvgIpc) is 2.52. The maximum absolute atomic E-state index is 12.8. The Kier molecular flexibility index (Phi) is 7.83. The van der Waals surface area contributed by atoms with E-state index in [4.69, 9.17) is 9.47 Å². The van der Waals surface area contributed by atoms with Gasteiger partial charge >= 0.3 is 0 Å². The van der Waals surface area contributed by atoms with E-state index in [1.54, 1.807) is 14.2 Å². The van der Waals surface area contributed by atoms with Crippen molar-refractivity contribution in [3.05, 3.63) is 29.3 Å². The molecule has 0 bridgehead atoms. The van der Waals surface area contributed by atoms with Gasteiger partial charge in [-0.25, -0.2) is 0 Å². The van der Waals surface area contributed by atoms with Crippen LogP contribution >= 0.6 is 0 Å². The fourth-order valence-electron chi connectivity index (χ4n) is 2.63. The van der Waals surface area contributed by atoms with Crippen molar-refractivity contribution >= 4 is 12.0 Å². The van der Waals surface area contributed by atoms with Crippen LogP contribution in [0.25, 0.3) is 6.08 Å². The molecule has 4 nitrogen and oxygen atoms in total. The van der Waals surface area contributed by atoms with Crippen LogP contribution in [-0.2, 0) is 4.79 Å². The Balaban J connectivity index is 3.02. The average molecular weight is 333 g/mol. The lowest BCUT2D eigenvalue weighted by atomic mass is 10.1.